The fourth-order valence-electron chi connectivity index (χ4n) is 1.98. The van der Waals surface area contributed by atoms with Gasteiger partial charge < -0.3 is 5.32 Å². The topological polar surface area (TPSA) is 86.0 Å². The fraction of sp³-hybridized carbons (Fsp3) is 0.429. The summed E-state index contributed by atoms with van der Waals surface area (Å²) in [6.07, 6.45) is 0.804. The highest BCUT2D eigenvalue weighted by Gasteiger charge is 2.14. The third kappa shape index (κ3) is 2.58. The molecule has 0 spiro atoms. The van der Waals surface area contributed by atoms with Crippen molar-refractivity contribution in [3.63, 3.8) is 0 Å². The average Bonchev–Trinajstić information content (AvgIpc) is 2.49. The number of amides is 1. The largest absolute Gasteiger partial charge is 0.348 e. The van der Waals surface area contributed by atoms with Crippen molar-refractivity contribution in [1.82, 2.24) is 19.4 Å². The van der Waals surface area contributed by atoms with Gasteiger partial charge >= 0.3 is 5.69 Å². The Labute approximate surface area is 121 Å². The summed E-state index contributed by atoms with van der Waals surface area (Å²) in [5.74, 6) is -0.320. The van der Waals surface area contributed by atoms with E-state index in [4.69, 9.17) is 0 Å². The number of hydrogen-bond acceptors (Lipinski definition) is 4. The van der Waals surface area contributed by atoms with Crippen LogP contribution in [-0.4, -0.2) is 26.1 Å². The quantitative estimate of drug-likeness (QED) is 0.872. The highest BCUT2D eigenvalue weighted by Crippen LogP contribution is 2.06. The minimum atomic E-state index is -0.473. The Hall–Kier alpha value is -2.44. The molecule has 1 atom stereocenters. The van der Waals surface area contributed by atoms with Crippen LogP contribution in [0.1, 0.15) is 30.8 Å². The number of rotatable bonds is 3. The van der Waals surface area contributed by atoms with Gasteiger partial charge in [-0.1, -0.05) is 6.92 Å². The van der Waals surface area contributed by atoms with Crippen molar-refractivity contribution in [1.29, 1.82) is 0 Å². The molecule has 1 amide bonds. The Morgan fingerprint density at radius 1 is 1.29 bits per heavy atom. The van der Waals surface area contributed by atoms with Crippen LogP contribution in [-0.2, 0) is 14.1 Å². The fourth-order valence-corrected chi connectivity index (χ4v) is 1.98. The normalized spacial score (nSPS) is 12.4. The van der Waals surface area contributed by atoms with E-state index in [1.54, 1.807) is 0 Å². The molecule has 21 heavy (non-hydrogen) atoms. The summed E-state index contributed by atoms with van der Waals surface area (Å²) in [5, 5.41) is 3.10. The molecule has 7 nitrogen and oxygen atoms in total. The first-order chi connectivity index (χ1) is 9.86. The number of fused-ring (bicyclic) bond motifs is 1. The van der Waals surface area contributed by atoms with Crippen molar-refractivity contribution >= 4 is 16.9 Å². The van der Waals surface area contributed by atoms with E-state index >= 15 is 0 Å². The molecule has 0 fully saturated rings. The maximum absolute atomic E-state index is 12.1. The van der Waals surface area contributed by atoms with Gasteiger partial charge in [-0.25, -0.2) is 9.78 Å². The first-order valence-electron chi connectivity index (χ1n) is 6.74. The standard InChI is InChI=1S/C14H18N4O3/c1-5-8(2)15-12(19)10-7-6-9-11(16-10)17(3)14(21)18(4)13(9)20/h6-8H,5H2,1-4H3,(H,15,19). The van der Waals surface area contributed by atoms with E-state index in [1.165, 1.54) is 30.8 Å². The summed E-state index contributed by atoms with van der Waals surface area (Å²) >= 11 is 0. The maximum atomic E-state index is 12.1. The molecule has 0 saturated carbocycles. The van der Waals surface area contributed by atoms with Crippen LogP contribution in [0, 0.1) is 0 Å². The highest BCUT2D eigenvalue weighted by atomic mass is 16.2. The van der Waals surface area contributed by atoms with E-state index in [2.05, 4.69) is 10.3 Å². The molecule has 2 aromatic heterocycles. The maximum Gasteiger partial charge on any atom is 0.332 e. The molecule has 1 N–H and O–H groups in total. The van der Waals surface area contributed by atoms with Gasteiger partial charge in [-0.05, 0) is 25.5 Å². The number of hydrogen-bond donors (Lipinski definition) is 1. The number of pyridine rings is 1. The summed E-state index contributed by atoms with van der Waals surface area (Å²) < 4.78 is 2.28. The molecule has 1 unspecified atom stereocenters. The minimum Gasteiger partial charge on any atom is -0.348 e. The molecule has 0 aromatic carbocycles. The lowest BCUT2D eigenvalue weighted by Crippen LogP contribution is -2.38. The van der Waals surface area contributed by atoms with Crippen molar-refractivity contribution < 1.29 is 4.79 Å². The van der Waals surface area contributed by atoms with Crippen molar-refractivity contribution in [3.05, 3.63) is 38.7 Å². The van der Waals surface area contributed by atoms with Gasteiger partial charge in [0.2, 0.25) is 0 Å². The van der Waals surface area contributed by atoms with Crippen LogP contribution in [0.25, 0.3) is 11.0 Å². The van der Waals surface area contributed by atoms with Gasteiger partial charge in [0.15, 0.2) is 0 Å². The second-order valence-corrected chi connectivity index (χ2v) is 5.06. The van der Waals surface area contributed by atoms with E-state index in [0.29, 0.717) is 5.39 Å². The Kier molecular flexibility index (Phi) is 3.93. The van der Waals surface area contributed by atoms with E-state index in [9.17, 15) is 14.4 Å². The second-order valence-electron chi connectivity index (χ2n) is 5.06. The molecule has 0 bridgehead atoms. The number of aryl methyl sites for hydroxylation is 1. The molecule has 2 aromatic rings. The van der Waals surface area contributed by atoms with Crippen molar-refractivity contribution in [3.8, 4) is 0 Å². The third-order valence-electron chi connectivity index (χ3n) is 3.52. The number of nitrogens with one attached hydrogen (secondary N) is 1. The van der Waals surface area contributed by atoms with Gasteiger partial charge in [-0.15, -0.1) is 0 Å². The predicted molar refractivity (Wildman–Crippen MR) is 79.4 cm³/mol. The van der Waals surface area contributed by atoms with E-state index in [-0.39, 0.29) is 23.3 Å². The van der Waals surface area contributed by atoms with Gasteiger partial charge in [-0.2, -0.15) is 0 Å². The van der Waals surface area contributed by atoms with Crippen LogP contribution in [0.5, 0.6) is 0 Å². The summed E-state index contributed by atoms with van der Waals surface area (Å²) in [5.41, 5.74) is -0.500. The van der Waals surface area contributed by atoms with Gasteiger partial charge in [0, 0.05) is 20.1 Å². The van der Waals surface area contributed by atoms with Gasteiger partial charge in [0.1, 0.15) is 11.3 Å². The molecular formula is C14H18N4O3. The van der Waals surface area contributed by atoms with Crippen molar-refractivity contribution in [2.75, 3.05) is 0 Å². The Morgan fingerprint density at radius 2 is 1.95 bits per heavy atom. The molecular weight excluding hydrogens is 272 g/mol. The van der Waals surface area contributed by atoms with Crippen LogP contribution in [0.4, 0.5) is 0 Å². The first-order valence-corrected chi connectivity index (χ1v) is 6.74. The summed E-state index contributed by atoms with van der Waals surface area (Å²) in [6, 6.07) is 3.05. The smallest absolute Gasteiger partial charge is 0.332 e. The highest BCUT2D eigenvalue weighted by molar-refractivity contribution is 5.94. The summed E-state index contributed by atoms with van der Waals surface area (Å²) in [6.45, 7) is 3.86. The Balaban J connectivity index is 2.60. The van der Waals surface area contributed by atoms with Gasteiger partial charge in [-0.3, -0.25) is 18.7 Å². The lowest BCUT2D eigenvalue weighted by Gasteiger charge is -2.12. The average molecular weight is 290 g/mol. The Morgan fingerprint density at radius 3 is 2.57 bits per heavy atom. The predicted octanol–water partition coefficient (Wildman–Crippen LogP) is 0.160. The lowest BCUT2D eigenvalue weighted by atomic mass is 10.2. The summed E-state index contributed by atoms with van der Waals surface area (Å²) in [7, 11) is 2.93. The van der Waals surface area contributed by atoms with E-state index in [0.717, 1.165) is 11.0 Å². The zero-order valence-corrected chi connectivity index (χ0v) is 12.5. The second kappa shape index (κ2) is 5.51. The molecule has 7 heteroatoms. The molecule has 0 aliphatic carbocycles. The minimum absolute atomic E-state index is 0.0301. The zero-order chi connectivity index (χ0) is 15.7. The number of carbonyl (C=O) groups is 1. The summed E-state index contributed by atoms with van der Waals surface area (Å²) in [4.78, 5) is 40.1. The van der Waals surface area contributed by atoms with E-state index < -0.39 is 11.2 Å². The van der Waals surface area contributed by atoms with Crippen LogP contribution in [0.3, 0.4) is 0 Å². The molecule has 112 valence electrons. The van der Waals surface area contributed by atoms with Crippen LogP contribution < -0.4 is 16.6 Å². The van der Waals surface area contributed by atoms with Crippen molar-refractivity contribution in [2.45, 2.75) is 26.3 Å². The molecule has 2 heterocycles. The monoisotopic (exact) mass is 290 g/mol. The molecule has 2 rings (SSSR count). The van der Waals surface area contributed by atoms with E-state index in [1.807, 2.05) is 13.8 Å². The molecule has 0 aliphatic rings. The van der Waals surface area contributed by atoms with Gasteiger partial charge in [0.25, 0.3) is 11.5 Å². The number of carbonyl (C=O) groups excluding carboxylic acids is 1. The SMILES string of the molecule is CCC(C)NC(=O)c1ccc2c(=O)n(C)c(=O)n(C)c2n1. The molecule has 0 radical (unpaired) electrons. The van der Waals surface area contributed by atoms with Crippen LogP contribution in [0.15, 0.2) is 21.7 Å². The zero-order valence-electron chi connectivity index (χ0n) is 12.5. The molecule has 0 saturated heterocycles. The lowest BCUT2D eigenvalue weighted by molar-refractivity contribution is 0.0934. The van der Waals surface area contributed by atoms with Crippen LogP contribution in [0.2, 0.25) is 0 Å². The number of aromatic nitrogens is 3. The van der Waals surface area contributed by atoms with Crippen LogP contribution >= 0.6 is 0 Å². The first kappa shape index (κ1) is 15.0. The molecule has 0 aliphatic heterocycles. The van der Waals surface area contributed by atoms with Gasteiger partial charge in [0.05, 0.1) is 5.39 Å². The van der Waals surface area contributed by atoms with Crippen molar-refractivity contribution in [2.24, 2.45) is 14.1 Å². The third-order valence-corrected chi connectivity index (χ3v) is 3.52. The number of nitrogens with zero attached hydrogens (tertiary/aromatic N) is 3. The Bertz CT molecular complexity index is 819.